The van der Waals surface area contributed by atoms with Crippen LogP contribution in [-0.2, 0) is 50.7 Å². The van der Waals surface area contributed by atoms with Gasteiger partial charge in [-0.1, -0.05) is 97.2 Å². The Morgan fingerprint density at radius 3 is 2.25 bits per heavy atom. The van der Waals surface area contributed by atoms with Gasteiger partial charge in [-0.2, -0.15) is 0 Å². The van der Waals surface area contributed by atoms with Gasteiger partial charge < -0.3 is 69.0 Å². The van der Waals surface area contributed by atoms with Crippen molar-refractivity contribution < 1.29 is 80.5 Å². The van der Waals surface area contributed by atoms with Gasteiger partial charge >= 0.3 is 0 Å². The number of aliphatic hydroxyl groups excluding tert-OH is 2. The Hall–Kier alpha value is -2.44. The monoisotopic (exact) mass is 987 g/mol. The van der Waals surface area contributed by atoms with E-state index in [0.717, 1.165) is 54.2 Å². The van der Waals surface area contributed by atoms with Crippen molar-refractivity contribution in [2.45, 2.75) is 135 Å². The van der Waals surface area contributed by atoms with Crippen molar-refractivity contribution >= 4 is 69.1 Å². The van der Waals surface area contributed by atoms with E-state index >= 15 is 0 Å². The van der Waals surface area contributed by atoms with Crippen molar-refractivity contribution in [1.82, 2.24) is 30.2 Å². The lowest BCUT2D eigenvalue weighted by Crippen LogP contribution is -2.46. The highest BCUT2D eigenvalue weighted by atomic mass is 32.2. The summed E-state index contributed by atoms with van der Waals surface area (Å²) in [6, 6.07) is 0. The fourth-order valence-electron chi connectivity index (χ4n) is 6.37. The van der Waals surface area contributed by atoms with Gasteiger partial charge in [0.1, 0.15) is 36.3 Å². The number of phosphoric ester groups is 3. The van der Waals surface area contributed by atoms with E-state index in [-0.39, 0.29) is 41.6 Å². The van der Waals surface area contributed by atoms with Gasteiger partial charge in [-0.05, 0) is 12.3 Å². The van der Waals surface area contributed by atoms with Crippen LogP contribution in [0.5, 0.6) is 0 Å². The Labute approximate surface area is 376 Å². The number of nitrogens with two attached hydrogens (primary N) is 1. The first kappa shape index (κ1) is 55.9. The number of hydrogen-bond acceptors (Lipinski definition) is 22. The maximum atomic E-state index is 12.6. The molecule has 2 aromatic rings. The van der Waals surface area contributed by atoms with Crippen molar-refractivity contribution in [3.63, 3.8) is 0 Å². The molecule has 1 saturated heterocycles. The van der Waals surface area contributed by atoms with Crippen molar-refractivity contribution in [1.29, 1.82) is 0 Å². The van der Waals surface area contributed by atoms with Gasteiger partial charge in [0.15, 0.2) is 22.8 Å². The molecule has 1 fully saturated rings. The van der Waals surface area contributed by atoms with Gasteiger partial charge in [-0.15, -0.1) is 0 Å². The Morgan fingerprint density at radius 2 is 1.59 bits per heavy atom. The molecule has 3 unspecified atom stereocenters. The van der Waals surface area contributed by atoms with Gasteiger partial charge in [0.2, 0.25) is 11.8 Å². The van der Waals surface area contributed by atoms with Gasteiger partial charge in [0.05, 0.1) is 27.4 Å². The summed E-state index contributed by atoms with van der Waals surface area (Å²) < 4.78 is 60.8. The van der Waals surface area contributed by atoms with Gasteiger partial charge in [0, 0.05) is 37.1 Å². The molecule has 1 aliphatic heterocycles. The lowest BCUT2D eigenvalue weighted by Gasteiger charge is -2.36. The lowest BCUT2D eigenvalue weighted by molar-refractivity contribution is -0.347. The molecule has 2 aromatic heterocycles. The molecule has 3 rings (SSSR count). The second kappa shape index (κ2) is 26.2. The van der Waals surface area contributed by atoms with E-state index in [4.69, 9.17) is 10.5 Å². The molecule has 366 valence electrons. The molecule has 24 nitrogen and oxygen atoms in total. The number of phosphoric acid groups is 3. The van der Waals surface area contributed by atoms with Crippen LogP contribution in [0, 0.1) is 11.3 Å². The van der Waals surface area contributed by atoms with E-state index < -0.39 is 84.6 Å². The van der Waals surface area contributed by atoms with Crippen LogP contribution in [0.15, 0.2) is 12.7 Å². The summed E-state index contributed by atoms with van der Waals surface area (Å²) in [5.74, 6) is -0.331. The van der Waals surface area contributed by atoms with Crippen LogP contribution < -0.4 is 35.9 Å². The Morgan fingerprint density at radius 1 is 0.953 bits per heavy atom. The highest BCUT2D eigenvalue weighted by Crippen LogP contribution is 2.56. The van der Waals surface area contributed by atoms with Crippen molar-refractivity contribution in [3.8, 4) is 0 Å². The van der Waals surface area contributed by atoms with Crippen LogP contribution in [-0.4, -0.2) is 103 Å². The second-order valence-corrected chi connectivity index (χ2v) is 21.3. The number of hydrogen-bond donors (Lipinski definition) is 5. The van der Waals surface area contributed by atoms with Gasteiger partial charge in [-0.25, -0.2) is 19.3 Å². The van der Waals surface area contributed by atoms with E-state index in [1.165, 1.54) is 58.8 Å². The number of thioether (sulfide) groups is 1. The Balaban J connectivity index is 1.34. The first-order valence-corrected chi connectivity index (χ1v) is 26.3. The minimum absolute atomic E-state index is 0.0185. The third-order valence-electron chi connectivity index (χ3n) is 10.3. The van der Waals surface area contributed by atoms with Crippen LogP contribution >= 0.6 is 35.2 Å². The number of imidazole rings is 1. The summed E-state index contributed by atoms with van der Waals surface area (Å²) in [7, 11) is -17.6. The zero-order valence-corrected chi connectivity index (χ0v) is 39.8. The molecule has 0 radical (unpaired) electrons. The zero-order valence-electron chi connectivity index (χ0n) is 36.3. The summed E-state index contributed by atoms with van der Waals surface area (Å²) in [6.45, 7) is 4.69. The van der Waals surface area contributed by atoms with Crippen LogP contribution in [0.1, 0.15) is 111 Å². The topological polar surface area (TPSA) is 375 Å². The molecule has 28 heteroatoms. The summed E-state index contributed by atoms with van der Waals surface area (Å²) in [5, 5.41) is 26.4. The van der Waals surface area contributed by atoms with Crippen molar-refractivity contribution in [3.05, 3.63) is 12.7 Å². The number of carbonyl (C=O) groups excluding carboxylic acids is 3. The van der Waals surface area contributed by atoms with Crippen LogP contribution in [0.2, 0.25) is 0 Å². The van der Waals surface area contributed by atoms with E-state index in [1.807, 2.05) is 0 Å². The smallest absolute Gasteiger partial charge is 0.274 e. The lowest BCUT2D eigenvalue weighted by atomic mass is 9.87. The number of unbranched alkanes of at least 4 members (excludes halogenated alkanes) is 7. The molecule has 0 aromatic carbocycles. The molecular weight excluding hydrogens is 927 g/mol. The van der Waals surface area contributed by atoms with Gasteiger partial charge in [0.25, 0.3) is 15.6 Å². The highest BCUT2D eigenvalue weighted by molar-refractivity contribution is 8.13. The standard InChI is InChI=1S/C36H64N7O17P3S/c1-5-24(2)14-12-10-8-6-7-9-11-13-15-27(45)64-19-18-38-26(44)16-17-39-34(48)31(47)36(3,4)21-57-63(54,55)60-62(52,53)56-20-25-30(59-61(49,50)51)29(46)35(58-25)43-23-42-28-32(37)40-22-41-33(28)43/h22-25,29-31,35,46-47H,5-21H2,1-4H3,(H,38,44)(H,39,48)(H,52,53)(H,54,55)(H2,37,40,41)(H2,49,50,51)/p-4/t24?,25-,29-,30-,31+,35-/m1/s1. The molecule has 0 spiro atoms. The Kier molecular flexibility index (Phi) is 22.9. The zero-order chi connectivity index (χ0) is 47.7. The maximum absolute atomic E-state index is 12.6. The summed E-state index contributed by atoms with van der Waals surface area (Å²) in [6.07, 6.45) is 4.62. The van der Waals surface area contributed by atoms with Gasteiger partial charge in [-0.3, -0.25) is 28.1 Å². The minimum Gasteiger partial charge on any atom is -0.790 e. The molecule has 3 heterocycles. The van der Waals surface area contributed by atoms with Crippen LogP contribution in [0.25, 0.3) is 11.2 Å². The number of nitrogens with one attached hydrogen (secondary N) is 2. The molecule has 0 saturated carbocycles. The predicted molar refractivity (Wildman–Crippen MR) is 224 cm³/mol. The summed E-state index contributed by atoms with van der Waals surface area (Å²) in [4.78, 5) is 96.7. The third-order valence-corrected chi connectivity index (χ3v) is 14.2. The first-order valence-electron chi connectivity index (χ1n) is 20.9. The molecule has 0 bridgehead atoms. The molecule has 8 atom stereocenters. The molecule has 2 amide bonds. The van der Waals surface area contributed by atoms with Crippen molar-refractivity contribution in [2.75, 3.05) is 37.8 Å². The average molecular weight is 988 g/mol. The number of carbonyl (C=O) groups is 3. The fourth-order valence-corrected chi connectivity index (χ4v) is 9.83. The molecule has 0 aliphatic carbocycles. The average Bonchev–Trinajstić information content (AvgIpc) is 3.78. The minimum atomic E-state index is -5.92. The predicted octanol–water partition coefficient (Wildman–Crippen LogP) is 1.08. The van der Waals surface area contributed by atoms with E-state index in [2.05, 4.69) is 57.3 Å². The van der Waals surface area contributed by atoms with E-state index in [0.29, 0.717) is 12.2 Å². The maximum Gasteiger partial charge on any atom is 0.274 e. The quantitative estimate of drug-likeness (QED) is 0.0521. The number of rotatable bonds is 31. The number of fused-ring (bicyclic) bond motifs is 1. The Bertz CT molecular complexity index is 1960. The highest BCUT2D eigenvalue weighted by Gasteiger charge is 2.47. The van der Waals surface area contributed by atoms with E-state index in [9.17, 15) is 57.9 Å². The molecule has 6 N–H and O–H groups in total. The SMILES string of the molecule is CCC(C)CCCCCCCCCCC(=O)SCCNC(=O)CCNC(=O)[C@H](O)C(C)(C)COP(=O)([O-])OP(=O)([O-])OC[C@H]1O[C@@H](n2cnc3c(N)ncnc32)[C@H](O)[C@@H]1OP(=O)([O-])[O-]. The summed E-state index contributed by atoms with van der Waals surface area (Å²) >= 11 is 1.14. The normalized spacial score (nSPS) is 21.0. The third kappa shape index (κ3) is 19.4. The molecule has 64 heavy (non-hydrogen) atoms. The number of nitrogen functional groups attached to an aromatic ring is 1. The fraction of sp³-hybridized carbons (Fsp3) is 0.778. The van der Waals surface area contributed by atoms with Crippen molar-refractivity contribution in [2.24, 2.45) is 11.3 Å². The van der Waals surface area contributed by atoms with E-state index in [1.54, 1.807) is 0 Å². The largest absolute Gasteiger partial charge is 0.790 e. The summed E-state index contributed by atoms with van der Waals surface area (Å²) in [5.41, 5.74) is 4.09. The second-order valence-electron chi connectivity index (χ2n) is 16.1. The van der Waals surface area contributed by atoms with Crippen LogP contribution in [0.3, 0.4) is 0 Å². The number of nitrogens with zero attached hydrogens (tertiary/aromatic N) is 4. The molecular formula is C36H60N7O17P3S-4. The molecule has 1 aliphatic rings. The first-order chi connectivity index (χ1) is 29.9. The number of amides is 2. The number of aromatic nitrogens is 4. The number of ether oxygens (including phenoxy) is 1. The number of aliphatic hydroxyl groups is 2. The number of anilines is 1. The van der Waals surface area contributed by atoms with Crippen LogP contribution in [0.4, 0.5) is 5.82 Å².